The lowest BCUT2D eigenvalue weighted by atomic mass is 10.2. The Hall–Kier alpha value is -4.00. The molecule has 1 heterocycles. The Kier molecular flexibility index (Phi) is 13.9. The van der Waals surface area contributed by atoms with Crippen LogP contribution in [0.3, 0.4) is 0 Å². The molecule has 0 saturated heterocycles. The fraction of sp³-hybridized carbons (Fsp3) is 0.500. The van der Waals surface area contributed by atoms with Gasteiger partial charge in [-0.05, 0) is 26.2 Å². The van der Waals surface area contributed by atoms with Gasteiger partial charge < -0.3 is 18.9 Å². The van der Waals surface area contributed by atoms with E-state index in [9.17, 15) is 28.8 Å². The lowest BCUT2D eigenvalue weighted by molar-refractivity contribution is -0.142. The molecule has 0 aliphatic heterocycles. The summed E-state index contributed by atoms with van der Waals surface area (Å²) in [6.07, 6.45) is 4.70. The number of esters is 3. The first kappa shape index (κ1) is 31.0. The molecule has 1 rings (SSSR count). The summed E-state index contributed by atoms with van der Waals surface area (Å²) >= 11 is 0. The van der Waals surface area contributed by atoms with Gasteiger partial charge in [-0.2, -0.15) is 0 Å². The van der Waals surface area contributed by atoms with Crippen LogP contribution < -0.4 is 17.1 Å². The van der Waals surface area contributed by atoms with Crippen LogP contribution in [0.15, 0.2) is 52.3 Å². The van der Waals surface area contributed by atoms with Crippen LogP contribution in [0.4, 0.5) is 0 Å². The summed E-state index contributed by atoms with van der Waals surface area (Å²) < 4.78 is 22.6. The molecule has 0 aliphatic rings. The Balaban J connectivity index is 2.85. The highest BCUT2D eigenvalue weighted by molar-refractivity contribution is 5.81. The molecule has 0 radical (unpaired) electrons. The lowest BCUT2D eigenvalue weighted by Crippen LogP contribution is -2.55. The smallest absolute Gasteiger partial charge is 0.336 e. The number of carbonyl (C=O) groups excluding carboxylic acids is 3. The standard InChI is InChI=1S/C24H33N3O10/c1-5-19(28)35-16-12-26-22(31)25(23(32)27(24(26)33)13-17-36-20(29)6-2)11-15-34-14-9-8-10-18(4)37-21(30)7-3/h5-7,18H,1-3,8-17H2,4H3. The van der Waals surface area contributed by atoms with Gasteiger partial charge in [0.25, 0.3) is 0 Å². The number of nitrogens with zero attached hydrogens (tertiary/aromatic N) is 3. The molecule has 0 spiro atoms. The molecule has 0 bridgehead atoms. The first-order valence-electron chi connectivity index (χ1n) is 11.6. The van der Waals surface area contributed by atoms with E-state index in [2.05, 4.69) is 19.7 Å². The molecule has 0 N–H and O–H groups in total. The van der Waals surface area contributed by atoms with E-state index < -0.39 is 35.0 Å². The molecule has 1 aromatic rings. The number of aromatic nitrogens is 3. The predicted molar refractivity (Wildman–Crippen MR) is 132 cm³/mol. The Morgan fingerprint density at radius 1 is 0.703 bits per heavy atom. The van der Waals surface area contributed by atoms with Crippen LogP contribution >= 0.6 is 0 Å². The zero-order valence-corrected chi connectivity index (χ0v) is 20.9. The molecule has 0 saturated carbocycles. The number of hydrogen-bond acceptors (Lipinski definition) is 10. The van der Waals surface area contributed by atoms with Gasteiger partial charge in [0.2, 0.25) is 0 Å². The minimum Gasteiger partial charge on any atom is -0.461 e. The number of carbonyl (C=O) groups is 3. The second-order valence-electron chi connectivity index (χ2n) is 7.61. The van der Waals surface area contributed by atoms with Crippen molar-refractivity contribution in [1.29, 1.82) is 0 Å². The largest absolute Gasteiger partial charge is 0.461 e. The van der Waals surface area contributed by atoms with Crippen molar-refractivity contribution in [3.05, 3.63) is 69.4 Å². The molecule has 0 amide bonds. The van der Waals surface area contributed by atoms with Crippen molar-refractivity contribution < 1.29 is 33.3 Å². The van der Waals surface area contributed by atoms with Crippen molar-refractivity contribution in [3.63, 3.8) is 0 Å². The second kappa shape index (κ2) is 16.6. The highest BCUT2D eigenvalue weighted by atomic mass is 16.5. The minimum atomic E-state index is -0.942. The van der Waals surface area contributed by atoms with Crippen LogP contribution in [0.1, 0.15) is 26.2 Å². The van der Waals surface area contributed by atoms with Crippen LogP contribution in [-0.2, 0) is 53.0 Å². The van der Waals surface area contributed by atoms with Crippen LogP contribution in [-0.4, -0.2) is 64.1 Å². The van der Waals surface area contributed by atoms with Gasteiger partial charge in [-0.15, -0.1) is 0 Å². The Morgan fingerprint density at radius 3 is 1.57 bits per heavy atom. The summed E-state index contributed by atoms with van der Waals surface area (Å²) in [6.45, 7) is 10.6. The maximum absolute atomic E-state index is 12.8. The van der Waals surface area contributed by atoms with Gasteiger partial charge in [-0.3, -0.25) is 0 Å². The summed E-state index contributed by atoms with van der Waals surface area (Å²) in [6, 6.07) is 0. The molecule has 0 aliphatic carbocycles. The fourth-order valence-corrected chi connectivity index (χ4v) is 3.05. The molecule has 1 atom stereocenters. The maximum atomic E-state index is 12.8. The molecule has 13 heteroatoms. The van der Waals surface area contributed by atoms with E-state index in [1.165, 1.54) is 0 Å². The summed E-state index contributed by atoms with van der Waals surface area (Å²) in [5.41, 5.74) is -2.74. The van der Waals surface area contributed by atoms with Crippen molar-refractivity contribution in [2.45, 2.75) is 51.9 Å². The molecule has 37 heavy (non-hydrogen) atoms. The topological polar surface area (TPSA) is 154 Å². The first-order valence-corrected chi connectivity index (χ1v) is 11.6. The van der Waals surface area contributed by atoms with Gasteiger partial charge in [0, 0.05) is 24.8 Å². The molecule has 13 nitrogen and oxygen atoms in total. The van der Waals surface area contributed by atoms with Crippen molar-refractivity contribution >= 4 is 17.9 Å². The van der Waals surface area contributed by atoms with E-state index >= 15 is 0 Å². The van der Waals surface area contributed by atoms with Crippen molar-refractivity contribution in [1.82, 2.24) is 13.7 Å². The SMILES string of the molecule is C=CC(=O)OCCn1c(=O)n(CCOCCCCC(C)OC(=O)C=C)c(=O)n(CCOC(=O)C=C)c1=O. The molecule has 0 aromatic carbocycles. The third kappa shape index (κ3) is 10.7. The van der Waals surface area contributed by atoms with E-state index in [0.717, 1.165) is 38.4 Å². The van der Waals surface area contributed by atoms with Crippen LogP contribution in [0.2, 0.25) is 0 Å². The highest BCUT2D eigenvalue weighted by Crippen LogP contribution is 2.05. The van der Waals surface area contributed by atoms with E-state index in [0.29, 0.717) is 19.4 Å². The second-order valence-corrected chi connectivity index (χ2v) is 7.61. The van der Waals surface area contributed by atoms with E-state index in [-0.39, 0.29) is 45.6 Å². The lowest BCUT2D eigenvalue weighted by Gasteiger charge is -2.14. The maximum Gasteiger partial charge on any atom is 0.336 e. The van der Waals surface area contributed by atoms with Crippen molar-refractivity contribution in [2.75, 3.05) is 26.4 Å². The van der Waals surface area contributed by atoms with E-state index in [1.807, 2.05) is 0 Å². The summed E-state index contributed by atoms with van der Waals surface area (Å²) in [4.78, 5) is 72.2. The highest BCUT2D eigenvalue weighted by Gasteiger charge is 2.16. The predicted octanol–water partition coefficient (Wildman–Crippen LogP) is -0.0653. The quantitative estimate of drug-likeness (QED) is 0.111. The van der Waals surface area contributed by atoms with Gasteiger partial charge in [-0.25, -0.2) is 42.5 Å². The molecule has 1 aromatic heterocycles. The van der Waals surface area contributed by atoms with Crippen LogP contribution in [0, 0.1) is 0 Å². The number of ether oxygens (including phenoxy) is 4. The molecule has 204 valence electrons. The Morgan fingerprint density at radius 2 is 1.14 bits per heavy atom. The monoisotopic (exact) mass is 523 g/mol. The third-order valence-corrected chi connectivity index (χ3v) is 4.93. The minimum absolute atomic E-state index is 0.00521. The van der Waals surface area contributed by atoms with Gasteiger partial charge in [0.1, 0.15) is 13.2 Å². The molecular formula is C24H33N3O10. The number of unbranched alkanes of at least 4 members (excludes halogenated alkanes) is 1. The first-order chi connectivity index (χ1) is 17.7. The van der Waals surface area contributed by atoms with Gasteiger partial charge in [0.15, 0.2) is 0 Å². The van der Waals surface area contributed by atoms with Crippen LogP contribution in [0.5, 0.6) is 0 Å². The third-order valence-electron chi connectivity index (χ3n) is 4.93. The van der Waals surface area contributed by atoms with Crippen molar-refractivity contribution in [2.24, 2.45) is 0 Å². The average Bonchev–Trinajstić information content (AvgIpc) is 2.88. The van der Waals surface area contributed by atoms with E-state index in [1.54, 1.807) is 6.92 Å². The Bertz CT molecular complexity index is 1080. The normalized spacial score (nSPS) is 11.3. The van der Waals surface area contributed by atoms with E-state index in [4.69, 9.17) is 18.9 Å². The summed E-state index contributed by atoms with van der Waals surface area (Å²) in [7, 11) is 0. The average molecular weight is 524 g/mol. The molecular weight excluding hydrogens is 490 g/mol. The van der Waals surface area contributed by atoms with Crippen LogP contribution in [0.25, 0.3) is 0 Å². The Labute approximate surface area is 213 Å². The van der Waals surface area contributed by atoms with Gasteiger partial charge in [0.05, 0.1) is 32.3 Å². The molecule has 1 unspecified atom stereocenters. The summed E-state index contributed by atoms with van der Waals surface area (Å²) in [5, 5.41) is 0. The van der Waals surface area contributed by atoms with Gasteiger partial charge in [-0.1, -0.05) is 19.7 Å². The van der Waals surface area contributed by atoms with Crippen molar-refractivity contribution in [3.8, 4) is 0 Å². The molecule has 0 fully saturated rings. The zero-order chi connectivity index (χ0) is 27.8. The fourth-order valence-electron chi connectivity index (χ4n) is 3.05. The number of hydrogen-bond donors (Lipinski definition) is 0. The number of rotatable bonds is 18. The zero-order valence-electron chi connectivity index (χ0n) is 20.9. The van der Waals surface area contributed by atoms with Gasteiger partial charge >= 0.3 is 35.0 Å². The summed E-state index contributed by atoms with van der Waals surface area (Å²) in [5.74, 6) is -1.96.